The molecule has 0 saturated carbocycles. The van der Waals surface area contributed by atoms with Gasteiger partial charge in [-0.05, 0) is 48.5 Å². The molecule has 0 spiro atoms. The van der Waals surface area contributed by atoms with Crippen LogP contribution < -0.4 is 14.4 Å². The minimum absolute atomic E-state index is 0.120. The van der Waals surface area contributed by atoms with E-state index in [0.717, 1.165) is 0 Å². The van der Waals surface area contributed by atoms with Gasteiger partial charge in [0.05, 0.1) is 17.1 Å². The molecule has 1 heterocycles. The van der Waals surface area contributed by atoms with Crippen LogP contribution in [0.5, 0.6) is 5.75 Å². The number of para-hydroxylation sites is 2. The van der Waals surface area contributed by atoms with Crippen LogP contribution >= 0.6 is 0 Å². The highest BCUT2D eigenvalue weighted by atomic mass is 32.2. The van der Waals surface area contributed by atoms with Gasteiger partial charge >= 0.3 is 0 Å². The van der Waals surface area contributed by atoms with E-state index in [1.807, 2.05) is 0 Å². The molecular formula is C21H17FN2O4S. The van der Waals surface area contributed by atoms with Gasteiger partial charge in [0.15, 0.2) is 6.10 Å². The van der Waals surface area contributed by atoms with E-state index < -0.39 is 27.9 Å². The number of carbonyl (C=O) groups excluding carboxylic acids is 1. The molecule has 148 valence electrons. The van der Waals surface area contributed by atoms with E-state index in [1.54, 1.807) is 42.5 Å². The average Bonchev–Trinajstić information content (AvgIpc) is 2.75. The van der Waals surface area contributed by atoms with Gasteiger partial charge in [0.1, 0.15) is 11.6 Å². The Morgan fingerprint density at radius 3 is 2.34 bits per heavy atom. The molecule has 4 rings (SSSR count). The zero-order valence-electron chi connectivity index (χ0n) is 15.2. The van der Waals surface area contributed by atoms with Crippen molar-refractivity contribution < 1.29 is 22.3 Å². The Balaban J connectivity index is 1.66. The van der Waals surface area contributed by atoms with Crippen molar-refractivity contribution in [1.82, 2.24) is 0 Å². The van der Waals surface area contributed by atoms with Crippen LogP contribution in [-0.4, -0.2) is 27.0 Å². The van der Waals surface area contributed by atoms with Crippen molar-refractivity contribution in [3.05, 3.63) is 84.7 Å². The van der Waals surface area contributed by atoms with Crippen LogP contribution in [0, 0.1) is 5.82 Å². The van der Waals surface area contributed by atoms with Gasteiger partial charge in [-0.2, -0.15) is 0 Å². The Morgan fingerprint density at radius 2 is 1.62 bits per heavy atom. The van der Waals surface area contributed by atoms with Gasteiger partial charge in [0.2, 0.25) is 0 Å². The van der Waals surface area contributed by atoms with Gasteiger partial charge in [-0.1, -0.05) is 30.3 Å². The molecule has 0 aliphatic carbocycles. The fourth-order valence-electron chi connectivity index (χ4n) is 3.04. The fourth-order valence-corrected chi connectivity index (χ4v) is 4.54. The van der Waals surface area contributed by atoms with E-state index in [2.05, 4.69) is 5.32 Å². The first-order valence-electron chi connectivity index (χ1n) is 8.85. The first-order chi connectivity index (χ1) is 13.9. The van der Waals surface area contributed by atoms with Crippen molar-refractivity contribution >= 4 is 27.3 Å². The zero-order valence-corrected chi connectivity index (χ0v) is 16.0. The number of fused-ring (bicyclic) bond motifs is 1. The Hall–Kier alpha value is -3.39. The van der Waals surface area contributed by atoms with Crippen molar-refractivity contribution in [3.63, 3.8) is 0 Å². The van der Waals surface area contributed by atoms with Crippen LogP contribution in [0.1, 0.15) is 0 Å². The number of ether oxygens (including phenoxy) is 1. The van der Waals surface area contributed by atoms with Crippen molar-refractivity contribution in [2.45, 2.75) is 11.0 Å². The van der Waals surface area contributed by atoms with Gasteiger partial charge < -0.3 is 10.1 Å². The maximum Gasteiger partial charge on any atom is 0.267 e. The van der Waals surface area contributed by atoms with E-state index in [9.17, 15) is 17.6 Å². The lowest BCUT2D eigenvalue weighted by Crippen LogP contribution is -2.48. The summed E-state index contributed by atoms with van der Waals surface area (Å²) >= 11 is 0. The Labute approximate surface area is 167 Å². The minimum Gasteiger partial charge on any atom is -0.476 e. The van der Waals surface area contributed by atoms with Crippen LogP contribution in [0.15, 0.2) is 83.8 Å². The number of halogens is 1. The second-order valence-corrected chi connectivity index (χ2v) is 8.28. The normalized spacial score (nSPS) is 15.9. The first-order valence-corrected chi connectivity index (χ1v) is 10.3. The summed E-state index contributed by atoms with van der Waals surface area (Å²) in [6.07, 6.45) is -1.08. The lowest BCUT2D eigenvalue weighted by molar-refractivity contribution is -0.122. The predicted octanol–water partition coefficient (Wildman–Crippen LogP) is 3.42. The molecule has 1 aliphatic rings. The molecule has 3 aromatic rings. The Morgan fingerprint density at radius 1 is 0.966 bits per heavy atom. The van der Waals surface area contributed by atoms with Crippen LogP contribution in [0.25, 0.3) is 0 Å². The smallest absolute Gasteiger partial charge is 0.267 e. The number of nitrogens with one attached hydrogen (secondary N) is 1. The SMILES string of the molecule is O=C(Nc1ccc(F)cc1)[C@@H]1CN(S(=O)(=O)c2ccccc2)c2ccccc2O1. The molecule has 0 aromatic heterocycles. The van der Waals surface area contributed by atoms with Crippen LogP contribution in [0.3, 0.4) is 0 Å². The number of anilines is 2. The zero-order chi connectivity index (χ0) is 20.4. The van der Waals surface area contributed by atoms with Gasteiger partial charge in [0.25, 0.3) is 15.9 Å². The molecule has 29 heavy (non-hydrogen) atoms. The fraction of sp³-hybridized carbons (Fsp3) is 0.0952. The van der Waals surface area contributed by atoms with E-state index in [-0.39, 0.29) is 17.2 Å². The second kappa shape index (κ2) is 7.56. The lowest BCUT2D eigenvalue weighted by Gasteiger charge is -2.34. The highest BCUT2D eigenvalue weighted by molar-refractivity contribution is 7.92. The molecule has 1 amide bonds. The molecule has 8 heteroatoms. The number of hydrogen-bond acceptors (Lipinski definition) is 4. The molecule has 1 N–H and O–H groups in total. The van der Waals surface area contributed by atoms with Crippen molar-refractivity contribution in [2.24, 2.45) is 0 Å². The van der Waals surface area contributed by atoms with E-state index in [4.69, 9.17) is 4.74 Å². The monoisotopic (exact) mass is 412 g/mol. The molecule has 0 unspecified atom stereocenters. The topological polar surface area (TPSA) is 75.7 Å². The maximum atomic E-state index is 13.2. The van der Waals surface area contributed by atoms with Gasteiger partial charge in [-0.3, -0.25) is 9.10 Å². The number of hydrogen-bond donors (Lipinski definition) is 1. The number of benzene rings is 3. The highest BCUT2D eigenvalue weighted by Crippen LogP contribution is 2.36. The average molecular weight is 412 g/mol. The maximum absolute atomic E-state index is 13.2. The van der Waals surface area contributed by atoms with Gasteiger partial charge in [-0.25, -0.2) is 12.8 Å². The molecule has 3 aromatic carbocycles. The molecule has 6 nitrogen and oxygen atoms in total. The third-order valence-corrected chi connectivity index (χ3v) is 6.26. The van der Waals surface area contributed by atoms with Crippen molar-refractivity contribution in [3.8, 4) is 5.75 Å². The number of rotatable bonds is 4. The standard InChI is InChI=1S/C21H17FN2O4S/c22-15-10-12-16(13-11-15)23-21(25)20-14-24(18-8-4-5-9-19(18)28-20)29(26,27)17-6-2-1-3-7-17/h1-13,20H,14H2,(H,23,25)/t20-/m0/s1. The van der Waals surface area contributed by atoms with Crippen LogP contribution in [0.2, 0.25) is 0 Å². The molecule has 1 aliphatic heterocycles. The molecule has 0 fully saturated rings. The summed E-state index contributed by atoms with van der Waals surface area (Å²) in [5.74, 6) is -0.664. The molecule has 0 radical (unpaired) electrons. The molecule has 0 bridgehead atoms. The second-order valence-electron chi connectivity index (χ2n) is 6.42. The van der Waals surface area contributed by atoms with Crippen molar-refractivity contribution in [1.29, 1.82) is 0 Å². The summed E-state index contributed by atoms with van der Waals surface area (Å²) in [4.78, 5) is 12.8. The van der Waals surface area contributed by atoms with Gasteiger partial charge in [0, 0.05) is 5.69 Å². The largest absolute Gasteiger partial charge is 0.476 e. The predicted molar refractivity (Wildman–Crippen MR) is 107 cm³/mol. The highest BCUT2D eigenvalue weighted by Gasteiger charge is 2.37. The quantitative estimate of drug-likeness (QED) is 0.713. The van der Waals surface area contributed by atoms with E-state index in [1.165, 1.54) is 40.7 Å². The van der Waals surface area contributed by atoms with Crippen LogP contribution in [0.4, 0.5) is 15.8 Å². The molecular weight excluding hydrogens is 395 g/mol. The summed E-state index contributed by atoms with van der Waals surface area (Å²) in [7, 11) is -3.90. The molecule has 1 atom stereocenters. The summed E-state index contributed by atoms with van der Waals surface area (Å²) < 4.78 is 46.4. The minimum atomic E-state index is -3.90. The lowest BCUT2D eigenvalue weighted by atomic mass is 10.2. The Bertz CT molecular complexity index is 1130. The summed E-state index contributed by atoms with van der Waals surface area (Å²) in [6, 6.07) is 19.9. The Kier molecular flexibility index (Phi) is 4.94. The summed E-state index contributed by atoms with van der Waals surface area (Å²) in [5, 5.41) is 2.63. The third-order valence-electron chi connectivity index (χ3n) is 4.47. The summed E-state index contributed by atoms with van der Waals surface area (Å²) in [5.41, 5.74) is 0.749. The summed E-state index contributed by atoms with van der Waals surface area (Å²) in [6.45, 7) is -0.193. The number of carbonyl (C=O) groups is 1. The third kappa shape index (κ3) is 3.79. The number of nitrogens with zero attached hydrogens (tertiary/aromatic N) is 1. The molecule has 0 saturated heterocycles. The van der Waals surface area contributed by atoms with Crippen LogP contribution in [-0.2, 0) is 14.8 Å². The number of amides is 1. The van der Waals surface area contributed by atoms with E-state index in [0.29, 0.717) is 11.4 Å². The number of sulfonamides is 1. The van der Waals surface area contributed by atoms with E-state index >= 15 is 0 Å². The van der Waals surface area contributed by atoms with Crippen molar-refractivity contribution in [2.75, 3.05) is 16.2 Å². The van der Waals surface area contributed by atoms with Gasteiger partial charge in [-0.15, -0.1) is 0 Å². The first kappa shape index (κ1) is 18.9.